The predicted molar refractivity (Wildman–Crippen MR) is 69.8 cm³/mol. The van der Waals surface area contributed by atoms with Crippen molar-refractivity contribution in [2.45, 2.75) is 31.5 Å². The zero-order valence-electron chi connectivity index (χ0n) is 10.8. The first-order valence-corrected chi connectivity index (χ1v) is 6.44. The van der Waals surface area contributed by atoms with E-state index in [1.807, 2.05) is 0 Å². The Bertz CT molecular complexity index is 643. The van der Waals surface area contributed by atoms with Crippen molar-refractivity contribution < 1.29 is 5.11 Å². The zero-order valence-corrected chi connectivity index (χ0v) is 10.8. The number of fused-ring (bicyclic) bond motifs is 1. The first kappa shape index (κ1) is 12.3. The molecule has 102 valence electrons. The molecule has 1 atom stereocenters. The lowest BCUT2D eigenvalue weighted by Crippen LogP contribution is -2.34. The molecule has 1 fully saturated rings. The highest BCUT2D eigenvalue weighted by Crippen LogP contribution is 2.18. The van der Waals surface area contributed by atoms with Gasteiger partial charge >= 0.3 is 0 Å². The standard InChI is InChI=1S/C12H17N5O2/c1-16-11-10(5-15-16)12(19)17(7-14-11)6-9(18)4-13-8-2-3-8/h5,7-9,13,18H,2-4,6H2,1H3. The number of nitrogens with zero attached hydrogens (tertiary/aromatic N) is 4. The summed E-state index contributed by atoms with van der Waals surface area (Å²) in [6.07, 6.45) is 4.74. The SMILES string of the molecule is Cn1ncc2c(=O)n(CC(O)CNC3CC3)cnc21. The van der Waals surface area contributed by atoms with Gasteiger partial charge in [-0.05, 0) is 12.8 Å². The monoisotopic (exact) mass is 263 g/mol. The third kappa shape index (κ3) is 2.52. The molecular formula is C12H17N5O2. The predicted octanol–water partition coefficient (Wildman–Crippen LogP) is -0.757. The Hall–Kier alpha value is -1.73. The first-order valence-electron chi connectivity index (χ1n) is 6.44. The molecule has 3 rings (SSSR count). The smallest absolute Gasteiger partial charge is 0.264 e. The molecule has 1 aliphatic carbocycles. The Balaban J connectivity index is 1.76. The molecule has 0 aliphatic heterocycles. The number of aliphatic hydroxyl groups is 1. The van der Waals surface area contributed by atoms with Crippen LogP contribution in [0.3, 0.4) is 0 Å². The maximum Gasteiger partial charge on any atom is 0.264 e. The molecule has 0 radical (unpaired) electrons. The Labute approximate surface area is 109 Å². The molecule has 0 amide bonds. The van der Waals surface area contributed by atoms with Gasteiger partial charge in [0.2, 0.25) is 0 Å². The number of nitrogens with one attached hydrogen (secondary N) is 1. The quantitative estimate of drug-likeness (QED) is 0.741. The number of hydrogen-bond acceptors (Lipinski definition) is 5. The second-order valence-electron chi connectivity index (χ2n) is 5.04. The van der Waals surface area contributed by atoms with Gasteiger partial charge in [0.25, 0.3) is 5.56 Å². The van der Waals surface area contributed by atoms with E-state index in [0.717, 1.165) is 0 Å². The van der Waals surface area contributed by atoms with Crippen LogP contribution in [0.25, 0.3) is 11.0 Å². The van der Waals surface area contributed by atoms with Gasteiger partial charge < -0.3 is 10.4 Å². The molecule has 0 saturated heterocycles. The third-order valence-electron chi connectivity index (χ3n) is 3.35. The molecular weight excluding hydrogens is 246 g/mol. The molecule has 2 aromatic rings. The van der Waals surface area contributed by atoms with E-state index in [9.17, 15) is 9.90 Å². The van der Waals surface area contributed by atoms with Crippen LogP contribution in [0.2, 0.25) is 0 Å². The first-order chi connectivity index (χ1) is 9.15. The fourth-order valence-corrected chi connectivity index (χ4v) is 2.08. The summed E-state index contributed by atoms with van der Waals surface area (Å²) in [6, 6.07) is 0.547. The van der Waals surface area contributed by atoms with Crippen LogP contribution in [0.5, 0.6) is 0 Å². The molecule has 1 unspecified atom stereocenters. The lowest BCUT2D eigenvalue weighted by Gasteiger charge is -2.12. The van der Waals surface area contributed by atoms with Gasteiger partial charge in [0.1, 0.15) is 11.7 Å². The number of aryl methyl sites for hydroxylation is 1. The van der Waals surface area contributed by atoms with Gasteiger partial charge in [-0.1, -0.05) is 0 Å². The molecule has 1 aliphatic rings. The highest BCUT2D eigenvalue weighted by Gasteiger charge is 2.21. The largest absolute Gasteiger partial charge is 0.390 e. The molecule has 2 heterocycles. The van der Waals surface area contributed by atoms with Gasteiger partial charge in [-0.2, -0.15) is 5.10 Å². The van der Waals surface area contributed by atoms with Crippen LogP contribution >= 0.6 is 0 Å². The van der Waals surface area contributed by atoms with Gasteiger partial charge in [-0.25, -0.2) is 4.98 Å². The van der Waals surface area contributed by atoms with Crippen molar-refractivity contribution in [3.05, 3.63) is 22.9 Å². The maximum absolute atomic E-state index is 12.2. The fourth-order valence-electron chi connectivity index (χ4n) is 2.08. The number of aromatic nitrogens is 4. The normalized spacial score (nSPS) is 16.9. The van der Waals surface area contributed by atoms with E-state index < -0.39 is 6.10 Å². The lowest BCUT2D eigenvalue weighted by atomic mass is 10.3. The highest BCUT2D eigenvalue weighted by molar-refractivity contribution is 5.72. The molecule has 0 aromatic carbocycles. The summed E-state index contributed by atoms with van der Waals surface area (Å²) in [5.74, 6) is 0. The minimum atomic E-state index is -0.589. The molecule has 2 aromatic heterocycles. The highest BCUT2D eigenvalue weighted by atomic mass is 16.3. The van der Waals surface area contributed by atoms with Gasteiger partial charge in [0, 0.05) is 19.6 Å². The van der Waals surface area contributed by atoms with E-state index in [2.05, 4.69) is 15.4 Å². The van der Waals surface area contributed by atoms with E-state index in [4.69, 9.17) is 0 Å². The van der Waals surface area contributed by atoms with E-state index >= 15 is 0 Å². The van der Waals surface area contributed by atoms with Crippen molar-refractivity contribution in [1.82, 2.24) is 24.6 Å². The number of aliphatic hydroxyl groups excluding tert-OH is 1. The van der Waals surface area contributed by atoms with Crippen LogP contribution in [0.4, 0.5) is 0 Å². The molecule has 0 spiro atoms. The summed E-state index contributed by atoms with van der Waals surface area (Å²) in [5.41, 5.74) is 0.399. The Morgan fingerprint density at radius 3 is 3.11 bits per heavy atom. The topological polar surface area (TPSA) is 85.0 Å². The van der Waals surface area contributed by atoms with Crippen molar-refractivity contribution in [2.24, 2.45) is 7.05 Å². The molecule has 0 bridgehead atoms. The molecule has 1 saturated carbocycles. The van der Waals surface area contributed by atoms with E-state index in [1.54, 1.807) is 11.7 Å². The Kier molecular flexibility index (Phi) is 3.08. The van der Waals surface area contributed by atoms with Crippen LogP contribution in [0.1, 0.15) is 12.8 Å². The molecule has 7 nitrogen and oxygen atoms in total. The van der Waals surface area contributed by atoms with Gasteiger partial charge in [-0.3, -0.25) is 14.0 Å². The Morgan fingerprint density at radius 2 is 2.37 bits per heavy atom. The zero-order chi connectivity index (χ0) is 13.4. The molecule has 19 heavy (non-hydrogen) atoms. The molecule has 2 N–H and O–H groups in total. The summed E-state index contributed by atoms with van der Waals surface area (Å²) >= 11 is 0. The van der Waals surface area contributed by atoms with E-state index in [0.29, 0.717) is 23.6 Å². The average molecular weight is 263 g/mol. The third-order valence-corrected chi connectivity index (χ3v) is 3.35. The number of rotatable bonds is 5. The van der Waals surface area contributed by atoms with Crippen molar-refractivity contribution in [3.8, 4) is 0 Å². The van der Waals surface area contributed by atoms with Crippen molar-refractivity contribution in [2.75, 3.05) is 6.54 Å². The van der Waals surface area contributed by atoms with Gasteiger partial charge in [-0.15, -0.1) is 0 Å². The van der Waals surface area contributed by atoms with Crippen LogP contribution in [-0.2, 0) is 13.6 Å². The lowest BCUT2D eigenvalue weighted by molar-refractivity contribution is 0.149. The summed E-state index contributed by atoms with van der Waals surface area (Å²) in [6.45, 7) is 0.749. The summed E-state index contributed by atoms with van der Waals surface area (Å²) < 4.78 is 3.00. The Morgan fingerprint density at radius 1 is 1.58 bits per heavy atom. The van der Waals surface area contributed by atoms with E-state index in [-0.39, 0.29) is 12.1 Å². The van der Waals surface area contributed by atoms with Gasteiger partial charge in [0.05, 0.1) is 18.8 Å². The van der Waals surface area contributed by atoms with Crippen LogP contribution in [0.15, 0.2) is 17.3 Å². The average Bonchev–Trinajstić information content (AvgIpc) is 3.14. The second-order valence-corrected chi connectivity index (χ2v) is 5.04. The summed E-state index contributed by atoms with van der Waals surface area (Å²) in [5, 5.41) is 17.6. The van der Waals surface area contributed by atoms with Crippen LogP contribution in [0, 0.1) is 0 Å². The fraction of sp³-hybridized carbons (Fsp3) is 0.583. The van der Waals surface area contributed by atoms with Crippen molar-refractivity contribution in [3.63, 3.8) is 0 Å². The molecule has 7 heteroatoms. The van der Waals surface area contributed by atoms with Crippen LogP contribution in [-0.4, -0.2) is 43.1 Å². The van der Waals surface area contributed by atoms with Crippen LogP contribution < -0.4 is 10.9 Å². The summed E-state index contributed by atoms with van der Waals surface area (Å²) in [7, 11) is 1.74. The minimum absolute atomic E-state index is 0.163. The summed E-state index contributed by atoms with van der Waals surface area (Å²) in [4.78, 5) is 16.4. The second kappa shape index (κ2) is 4.75. The van der Waals surface area contributed by atoms with Gasteiger partial charge in [0.15, 0.2) is 5.65 Å². The number of hydrogen-bond donors (Lipinski definition) is 2. The minimum Gasteiger partial charge on any atom is -0.390 e. The van der Waals surface area contributed by atoms with E-state index in [1.165, 1.54) is 29.9 Å². The van der Waals surface area contributed by atoms with Crippen molar-refractivity contribution in [1.29, 1.82) is 0 Å². The maximum atomic E-state index is 12.2. The van der Waals surface area contributed by atoms with Crippen molar-refractivity contribution >= 4 is 11.0 Å².